The molecule has 25 heavy (non-hydrogen) atoms. The highest BCUT2D eigenvalue weighted by molar-refractivity contribution is 6.02. The number of halogens is 1. The van der Waals surface area contributed by atoms with Gasteiger partial charge in [0.1, 0.15) is 17.1 Å². The molecule has 6 nitrogen and oxygen atoms in total. The Kier molecular flexibility index (Phi) is 4.30. The van der Waals surface area contributed by atoms with Gasteiger partial charge in [-0.05, 0) is 30.3 Å². The molecule has 0 aliphatic rings. The number of rotatable bonds is 4. The predicted octanol–water partition coefficient (Wildman–Crippen LogP) is 2.15. The van der Waals surface area contributed by atoms with Crippen LogP contribution in [0.5, 0.6) is 5.75 Å². The molecule has 3 rings (SSSR count). The molecular formula is C18H14FN3O3. The van der Waals surface area contributed by atoms with Gasteiger partial charge in [-0.3, -0.25) is 14.2 Å². The summed E-state index contributed by atoms with van der Waals surface area (Å²) in [5.41, 5.74) is -0.912. The van der Waals surface area contributed by atoms with E-state index in [0.717, 1.165) is 10.6 Å². The van der Waals surface area contributed by atoms with Gasteiger partial charge in [0, 0.05) is 12.7 Å². The van der Waals surface area contributed by atoms with Gasteiger partial charge in [-0.1, -0.05) is 12.1 Å². The summed E-state index contributed by atoms with van der Waals surface area (Å²) in [5.74, 6) is -1.76. The lowest BCUT2D eigenvalue weighted by molar-refractivity contribution is 0.0954. The Morgan fingerprint density at radius 1 is 1.36 bits per heavy atom. The number of pyridine rings is 2. The minimum absolute atomic E-state index is 0.121. The third-order valence-corrected chi connectivity index (χ3v) is 3.61. The molecule has 0 radical (unpaired) electrons. The highest BCUT2D eigenvalue weighted by Gasteiger charge is 2.23. The fourth-order valence-electron chi connectivity index (χ4n) is 2.52. The summed E-state index contributed by atoms with van der Waals surface area (Å²) in [4.78, 5) is 29.3. The van der Waals surface area contributed by atoms with Gasteiger partial charge in [0.05, 0.1) is 11.1 Å². The van der Waals surface area contributed by atoms with Crippen LogP contribution in [-0.4, -0.2) is 27.1 Å². The summed E-state index contributed by atoms with van der Waals surface area (Å²) in [5, 5.41) is 13.1. The lowest BCUT2D eigenvalue weighted by Gasteiger charge is -2.14. The van der Waals surface area contributed by atoms with E-state index >= 15 is 0 Å². The van der Waals surface area contributed by atoms with Crippen molar-refractivity contribution in [3.8, 4) is 11.4 Å². The molecule has 126 valence electrons. The summed E-state index contributed by atoms with van der Waals surface area (Å²) >= 11 is 0. The molecule has 2 heterocycles. The summed E-state index contributed by atoms with van der Waals surface area (Å²) in [6.45, 7) is 3.61. The van der Waals surface area contributed by atoms with Crippen molar-refractivity contribution < 1.29 is 14.3 Å². The monoisotopic (exact) mass is 339 g/mol. The second kappa shape index (κ2) is 6.56. The lowest BCUT2D eigenvalue weighted by atomic mass is 10.1. The van der Waals surface area contributed by atoms with Gasteiger partial charge in [0.2, 0.25) is 0 Å². The topological polar surface area (TPSA) is 84.2 Å². The molecule has 0 atom stereocenters. The van der Waals surface area contributed by atoms with E-state index in [-0.39, 0.29) is 23.3 Å². The van der Waals surface area contributed by atoms with E-state index in [1.54, 1.807) is 6.07 Å². The number of aromatic hydroxyl groups is 1. The van der Waals surface area contributed by atoms with Gasteiger partial charge in [0.25, 0.3) is 11.5 Å². The summed E-state index contributed by atoms with van der Waals surface area (Å²) in [6, 6.07) is 8.43. The molecule has 0 bridgehead atoms. The zero-order valence-electron chi connectivity index (χ0n) is 13.1. The van der Waals surface area contributed by atoms with Crippen LogP contribution in [0.1, 0.15) is 10.4 Å². The third kappa shape index (κ3) is 2.87. The van der Waals surface area contributed by atoms with Crippen LogP contribution in [0.25, 0.3) is 16.7 Å². The predicted molar refractivity (Wildman–Crippen MR) is 91.5 cm³/mol. The average molecular weight is 339 g/mol. The first-order valence-corrected chi connectivity index (χ1v) is 7.42. The van der Waals surface area contributed by atoms with Gasteiger partial charge < -0.3 is 10.4 Å². The van der Waals surface area contributed by atoms with E-state index in [2.05, 4.69) is 16.9 Å². The number of benzene rings is 1. The Balaban J connectivity index is 2.38. The zero-order chi connectivity index (χ0) is 18.0. The maximum Gasteiger partial charge on any atom is 0.273 e. The quantitative estimate of drug-likeness (QED) is 0.713. The summed E-state index contributed by atoms with van der Waals surface area (Å²) < 4.78 is 14.7. The molecule has 0 aliphatic heterocycles. The number of aromatic nitrogens is 2. The van der Waals surface area contributed by atoms with E-state index in [4.69, 9.17) is 0 Å². The molecule has 7 heteroatoms. The normalized spacial score (nSPS) is 10.6. The fraction of sp³-hybridized carbons (Fsp3) is 0.0556. The minimum Gasteiger partial charge on any atom is -0.506 e. The Morgan fingerprint density at radius 3 is 2.88 bits per heavy atom. The van der Waals surface area contributed by atoms with Gasteiger partial charge in [-0.2, -0.15) is 0 Å². The molecule has 0 saturated carbocycles. The van der Waals surface area contributed by atoms with Crippen LogP contribution in [0.2, 0.25) is 0 Å². The number of amides is 1. The molecular weight excluding hydrogens is 325 g/mol. The molecule has 0 unspecified atom stereocenters. The zero-order valence-corrected chi connectivity index (χ0v) is 13.1. The van der Waals surface area contributed by atoms with E-state index in [9.17, 15) is 19.1 Å². The number of hydrogen-bond acceptors (Lipinski definition) is 4. The van der Waals surface area contributed by atoms with Crippen LogP contribution < -0.4 is 10.9 Å². The van der Waals surface area contributed by atoms with E-state index in [0.29, 0.717) is 0 Å². The van der Waals surface area contributed by atoms with Gasteiger partial charge >= 0.3 is 0 Å². The second-order valence-electron chi connectivity index (χ2n) is 5.22. The largest absolute Gasteiger partial charge is 0.506 e. The van der Waals surface area contributed by atoms with E-state index in [1.807, 2.05) is 0 Å². The molecule has 0 fully saturated rings. The fourth-order valence-corrected chi connectivity index (χ4v) is 2.52. The standard InChI is InChI=1S/C18H14FN3O3/c1-2-8-21-17(24)14-15(23)13-7-4-9-20-16(13)22(18(14)25)12-6-3-5-11(19)10-12/h2-7,9-10,23H,1,8H2,(H,21,24). The first-order chi connectivity index (χ1) is 12.0. The molecule has 1 amide bonds. The van der Waals surface area contributed by atoms with Gasteiger partial charge in [-0.25, -0.2) is 9.37 Å². The first-order valence-electron chi connectivity index (χ1n) is 7.42. The highest BCUT2D eigenvalue weighted by atomic mass is 19.1. The Hall–Kier alpha value is -3.48. The van der Waals surface area contributed by atoms with Crippen molar-refractivity contribution in [2.24, 2.45) is 0 Å². The molecule has 3 aromatic rings. The average Bonchev–Trinajstić information content (AvgIpc) is 2.60. The van der Waals surface area contributed by atoms with Crippen LogP contribution in [0.3, 0.4) is 0 Å². The number of fused-ring (bicyclic) bond motifs is 1. The molecule has 1 aromatic carbocycles. The van der Waals surface area contributed by atoms with Crippen molar-refractivity contribution in [2.75, 3.05) is 6.54 Å². The third-order valence-electron chi connectivity index (χ3n) is 3.61. The van der Waals surface area contributed by atoms with E-state index in [1.165, 1.54) is 36.5 Å². The number of nitrogens with zero attached hydrogens (tertiary/aromatic N) is 2. The Morgan fingerprint density at radius 2 is 2.16 bits per heavy atom. The van der Waals surface area contributed by atoms with Crippen LogP contribution in [0, 0.1) is 5.82 Å². The Labute approximate surface area is 141 Å². The first kappa shape index (κ1) is 16.4. The summed E-state index contributed by atoms with van der Waals surface area (Å²) in [7, 11) is 0. The van der Waals surface area contributed by atoms with Crippen LogP contribution in [0.15, 0.2) is 60.0 Å². The van der Waals surface area contributed by atoms with Crippen LogP contribution in [-0.2, 0) is 0 Å². The lowest BCUT2D eigenvalue weighted by Crippen LogP contribution is -2.33. The van der Waals surface area contributed by atoms with Gasteiger partial charge in [0.15, 0.2) is 5.65 Å². The number of hydrogen-bond donors (Lipinski definition) is 2. The van der Waals surface area contributed by atoms with Crippen molar-refractivity contribution in [3.05, 3.63) is 77.0 Å². The van der Waals surface area contributed by atoms with Crippen molar-refractivity contribution >= 4 is 16.9 Å². The van der Waals surface area contributed by atoms with Crippen molar-refractivity contribution in [1.82, 2.24) is 14.9 Å². The smallest absolute Gasteiger partial charge is 0.273 e. The van der Waals surface area contributed by atoms with E-state index < -0.39 is 28.6 Å². The molecule has 0 aliphatic carbocycles. The Bertz CT molecular complexity index is 1040. The van der Waals surface area contributed by atoms with Crippen molar-refractivity contribution in [3.63, 3.8) is 0 Å². The number of carbonyl (C=O) groups excluding carboxylic acids is 1. The second-order valence-corrected chi connectivity index (χ2v) is 5.22. The van der Waals surface area contributed by atoms with Crippen LogP contribution in [0.4, 0.5) is 4.39 Å². The summed E-state index contributed by atoms with van der Waals surface area (Å²) in [6.07, 6.45) is 2.89. The number of nitrogens with one attached hydrogen (secondary N) is 1. The maximum absolute atomic E-state index is 13.6. The van der Waals surface area contributed by atoms with Crippen molar-refractivity contribution in [2.45, 2.75) is 0 Å². The van der Waals surface area contributed by atoms with Gasteiger partial charge in [-0.15, -0.1) is 6.58 Å². The van der Waals surface area contributed by atoms with Crippen molar-refractivity contribution in [1.29, 1.82) is 0 Å². The SMILES string of the molecule is C=CCNC(=O)c1c(O)c2cccnc2n(-c2cccc(F)c2)c1=O. The van der Waals surface area contributed by atoms with Crippen LogP contribution >= 0.6 is 0 Å². The highest BCUT2D eigenvalue weighted by Crippen LogP contribution is 2.26. The minimum atomic E-state index is -0.795. The molecule has 0 saturated heterocycles. The molecule has 2 N–H and O–H groups in total. The maximum atomic E-state index is 13.6. The molecule has 0 spiro atoms. The molecule has 2 aromatic heterocycles. The number of carbonyl (C=O) groups is 1.